The zero-order chi connectivity index (χ0) is 16.8. The normalized spacial score (nSPS) is 13.6. The topological polar surface area (TPSA) is 50.8 Å². The Balaban J connectivity index is 1.66. The lowest BCUT2D eigenvalue weighted by Gasteiger charge is -2.20. The molecule has 0 bridgehead atoms. The largest absolute Gasteiger partial charge is 0.495 e. The summed E-state index contributed by atoms with van der Waals surface area (Å²) in [5.41, 5.74) is 2.66. The van der Waals surface area contributed by atoms with Crippen LogP contribution in [0.3, 0.4) is 0 Å². The molecule has 0 unspecified atom stereocenters. The van der Waals surface area contributed by atoms with E-state index in [1.165, 1.54) is 12.8 Å². The summed E-state index contributed by atoms with van der Waals surface area (Å²) in [4.78, 5) is 14.4. The third-order valence-corrected chi connectivity index (χ3v) is 4.10. The fourth-order valence-corrected chi connectivity index (χ4v) is 2.83. The summed E-state index contributed by atoms with van der Waals surface area (Å²) >= 11 is 0. The van der Waals surface area contributed by atoms with Gasteiger partial charge in [-0.25, -0.2) is 4.79 Å². The highest BCUT2D eigenvalue weighted by Gasteiger charge is 2.15. The number of benzene rings is 2. The molecule has 3 rings (SSSR count). The van der Waals surface area contributed by atoms with Gasteiger partial charge in [0.2, 0.25) is 0 Å². The average Bonchev–Trinajstić information content (AvgIpc) is 3.15. The molecule has 5 heteroatoms. The number of rotatable bonds is 5. The van der Waals surface area contributed by atoms with Crippen molar-refractivity contribution in [3.8, 4) is 5.75 Å². The third-order valence-electron chi connectivity index (χ3n) is 4.10. The van der Waals surface area contributed by atoms with Crippen LogP contribution in [0.25, 0.3) is 0 Å². The number of methoxy groups -OCH3 is 1. The summed E-state index contributed by atoms with van der Waals surface area (Å²) in [6.07, 6.45) is 1.91. The van der Waals surface area contributed by atoms with Crippen LogP contribution >= 0.6 is 0 Å². The van der Waals surface area contributed by atoms with Crippen LogP contribution in [-0.4, -0.2) is 26.3 Å². The van der Waals surface area contributed by atoms with E-state index in [0.717, 1.165) is 24.3 Å². The monoisotopic (exact) mass is 326 g/mol. The minimum Gasteiger partial charge on any atom is -0.495 e. The molecule has 0 atom stereocenters. The van der Waals surface area contributed by atoms with Gasteiger partial charge in [-0.15, -0.1) is 0 Å². The lowest BCUT2D eigenvalue weighted by molar-refractivity contribution is 0.155. The highest BCUT2D eigenvalue weighted by molar-refractivity contribution is 5.87. The molecule has 1 fully saturated rings. The van der Waals surface area contributed by atoms with Gasteiger partial charge in [0.15, 0.2) is 0 Å². The predicted octanol–water partition coefficient (Wildman–Crippen LogP) is 4.04. The van der Waals surface area contributed by atoms with Gasteiger partial charge in [-0.05, 0) is 36.6 Å². The molecular weight excluding hydrogens is 304 g/mol. The van der Waals surface area contributed by atoms with E-state index in [4.69, 9.17) is 9.47 Å². The molecule has 0 aromatic heterocycles. The molecule has 0 radical (unpaired) electrons. The van der Waals surface area contributed by atoms with Gasteiger partial charge in [0.25, 0.3) is 0 Å². The van der Waals surface area contributed by atoms with Crippen molar-refractivity contribution >= 4 is 17.5 Å². The van der Waals surface area contributed by atoms with Crippen LogP contribution in [-0.2, 0) is 11.3 Å². The predicted molar refractivity (Wildman–Crippen MR) is 94.7 cm³/mol. The van der Waals surface area contributed by atoms with Gasteiger partial charge in [-0.2, -0.15) is 0 Å². The maximum absolute atomic E-state index is 12.1. The smallest absolute Gasteiger partial charge is 0.412 e. The van der Waals surface area contributed by atoms with Crippen LogP contribution < -0.4 is 15.0 Å². The highest BCUT2D eigenvalue weighted by Crippen LogP contribution is 2.31. The van der Waals surface area contributed by atoms with Gasteiger partial charge in [-0.3, -0.25) is 5.32 Å². The fraction of sp³-hybridized carbons (Fsp3) is 0.316. The van der Waals surface area contributed by atoms with E-state index in [-0.39, 0.29) is 6.61 Å². The number of anilines is 2. The van der Waals surface area contributed by atoms with Crippen LogP contribution in [0.15, 0.2) is 48.5 Å². The Labute approximate surface area is 142 Å². The molecule has 1 aliphatic rings. The zero-order valence-electron chi connectivity index (χ0n) is 13.8. The van der Waals surface area contributed by atoms with E-state index < -0.39 is 6.09 Å². The number of hydrogen-bond donors (Lipinski definition) is 1. The van der Waals surface area contributed by atoms with Gasteiger partial charge in [0.05, 0.1) is 12.8 Å². The van der Waals surface area contributed by atoms with Crippen molar-refractivity contribution in [2.24, 2.45) is 0 Å². The van der Waals surface area contributed by atoms with Gasteiger partial charge >= 0.3 is 6.09 Å². The summed E-state index contributed by atoms with van der Waals surface area (Å²) in [7, 11) is 1.59. The number of nitrogens with one attached hydrogen (secondary N) is 1. The second kappa shape index (κ2) is 7.73. The molecule has 2 aromatic rings. The fourth-order valence-electron chi connectivity index (χ4n) is 2.83. The highest BCUT2D eigenvalue weighted by atomic mass is 16.5. The number of carbonyl (C=O) groups is 1. The van der Waals surface area contributed by atoms with E-state index in [0.29, 0.717) is 11.4 Å². The van der Waals surface area contributed by atoms with Crippen molar-refractivity contribution in [2.45, 2.75) is 19.4 Å². The Morgan fingerprint density at radius 2 is 1.88 bits per heavy atom. The summed E-state index contributed by atoms with van der Waals surface area (Å²) in [5, 5.41) is 2.78. The molecule has 1 N–H and O–H groups in total. The number of amides is 1. The third kappa shape index (κ3) is 3.98. The lowest BCUT2D eigenvalue weighted by atomic mass is 10.2. The summed E-state index contributed by atoms with van der Waals surface area (Å²) in [5.74, 6) is 0.620. The maximum Gasteiger partial charge on any atom is 0.412 e. The maximum atomic E-state index is 12.1. The number of hydrogen-bond acceptors (Lipinski definition) is 4. The van der Waals surface area contributed by atoms with E-state index in [1.54, 1.807) is 7.11 Å². The van der Waals surface area contributed by atoms with Crippen molar-refractivity contribution in [3.63, 3.8) is 0 Å². The average molecular weight is 326 g/mol. The molecule has 24 heavy (non-hydrogen) atoms. The van der Waals surface area contributed by atoms with Crippen molar-refractivity contribution in [1.82, 2.24) is 0 Å². The Kier molecular flexibility index (Phi) is 5.21. The molecule has 0 spiro atoms. The summed E-state index contributed by atoms with van der Waals surface area (Å²) in [6, 6.07) is 15.4. The van der Waals surface area contributed by atoms with Crippen LogP contribution in [0, 0.1) is 0 Å². The number of nitrogens with zero attached hydrogens (tertiary/aromatic N) is 1. The summed E-state index contributed by atoms with van der Waals surface area (Å²) in [6.45, 7) is 2.33. The first-order valence-electron chi connectivity index (χ1n) is 8.17. The van der Waals surface area contributed by atoms with Crippen molar-refractivity contribution < 1.29 is 14.3 Å². The molecule has 1 saturated heterocycles. The van der Waals surface area contributed by atoms with Crippen molar-refractivity contribution in [2.75, 3.05) is 30.4 Å². The molecule has 126 valence electrons. The van der Waals surface area contributed by atoms with E-state index >= 15 is 0 Å². The number of carbonyl (C=O) groups excluding carboxylic acids is 1. The second-order valence-electron chi connectivity index (χ2n) is 5.77. The van der Waals surface area contributed by atoms with Crippen LogP contribution in [0.5, 0.6) is 5.75 Å². The van der Waals surface area contributed by atoms with Gasteiger partial charge < -0.3 is 14.4 Å². The minimum atomic E-state index is -0.490. The lowest BCUT2D eigenvalue weighted by Crippen LogP contribution is -2.19. The van der Waals surface area contributed by atoms with Gasteiger partial charge in [0, 0.05) is 18.8 Å². The molecule has 0 aliphatic carbocycles. The molecule has 1 heterocycles. The molecule has 5 nitrogen and oxygen atoms in total. The standard InChI is InChI=1S/C19H22N2O3/c1-23-18-10-9-16(21-11-5-6-12-21)13-17(18)20-19(22)24-14-15-7-3-2-4-8-15/h2-4,7-10,13H,5-6,11-12,14H2,1H3,(H,20,22). The first kappa shape index (κ1) is 16.2. The molecular formula is C19H22N2O3. The SMILES string of the molecule is COc1ccc(N2CCCC2)cc1NC(=O)OCc1ccccc1. The molecule has 1 amide bonds. The van der Waals surface area contributed by atoms with E-state index in [2.05, 4.69) is 10.2 Å². The molecule has 0 saturated carbocycles. The zero-order valence-corrected chi connectivity index (χ0v) is 13.8. The first-order chi connectivity index (χ1) is 11.8. The summed E-state index contributed by atoms with van der Waals surface area (Å²) < 4.78 is 10.6. The quantitative estimate of drug-likeness (QED) is 0.901. The van der Waals surface area contributed by atoms with Crippen LogP contribution in [0.2, 0.25) is 0 Å². The van der Waals surface area contributed by atoms with Crippen molar-refractivity contribution in [1.29, 1.82) is 0 Å². The number of ether oxygens (including phenoxy) is 2. The molecule has 2 aromatic carbocycles. The van der Waals surface area contributed by atoms with Crippen molar-refractivity contribution in [3.05, 3.63) is 54.1 Å². The van der Waals surface area contributed by atoms with Crippen LogP contribution in [0.1, 0.15) is 18.4 Å². The van der Waals surface area contributed by atoms with E-state index in [9.17, 15) is 4.79 Å². The van der Waals surface area contributed by atoms with Crippen LogP contribution in [0.4, 0.5) is 16.2 Å². The molecule has 1 aliphatic heterocycles. The van der Waals surface area contributed by atoms with Gasteiger partial charge in [0.1, 0.15) is 12.4 Å². The Bertz CT molecular complexity index is 682. The van der Waals surface area contributed by atoms with Gasteiger partial charge in [-0.1, -0.05) is 30.3 Å². The van der Waals surface area contributed by atoms with E-state index in [1.807, 2.05) is 48.5 Å². The Morgan fingerprint density at radius 3 is 2.58 bits per heavy atom. The second-order valence-corrected chi connectivity index (χ2v) is 5.77. The Hall–Kier alpha value is -2.69. The first-order valence-corrected chi connectivity index (χ1v) is 8.17. The minimum absolute atomic E-state index is 0.237. The Morgan fingerprint density at radius 1 is 1.12 bits per heavy atom.